The Morgan fingerprint density at radius 2 is 1.88 bits per heavy atom. The van der Waals surface area contributed by atoms with Crippen LogP contribution in [0.2, 0.25) is 0 Å². The molecular weight excluding hydrogens is 210 g/mol. The number of Topliss-reactive ketones (excluding diaryl/α,β-unsaturated/α-hetero) is 1. The summed E-state index contributed by atoms with van der Waals surface area (Å²) in [4.78, 5) is 11.1. The molecule has 0 radical (unpaired) electrons. The largest absolute Gasteiger partial charge is 0.321 e. The van der Waals surface area contributed by atoms with Crippen molar-refractivity contribution in [1.82, 2.24) is 0 Å². The molecule has 1 fully saturated rings. The second-order valence-corrected chi connectivity index (χ2v) is 5.90. The molecule has 0 spiro atoms. The first-order valence-corrected chi connectivity index (χ1v) is 7.37. The molecule has 0 aromatic heterocycles. The van der Waals surface area contributed by atoms with Crippen molar-refractivity contribution in [3.05, 3.63) is 0 Å². The molecule has 1 saturated carbocycles. The second-order valence-electron chi connectivity index (χ2n) is 5.90. The Morgan fingerprint density at radius 3 is 2.47 bits per heavy atom. The molecule has 0 amide bonds. The van der Waals surface area contributed by atoms with Gasteiger partial charge in [-0.05, 0) is 25.2 Å². The third-order valence-corrected chi connectivity index (χ3v) is 4.33. The molecule has 0 heterocycles. The van der Waals surface area contributed by atoms with E-state index in [1.165, 1.54) is 51.4 Å². The van der Waals surface area contributed by atoms with Crippen LogP contribution in [0, 0.1) is 11.8 Å². The number of hydrogen-bond acceptors (Lipinski definition) is 2. The molecule has 1 aliphatic rings. The molecule has 2 unspecified atom stereocenters. The van der Waals surface area contributed by atoms with E-state index in [2.05, 4.69) is 6.92 Å². The predicted molar refractivity (Wildman–Crippen MR) is 72.9 cm³/mol. The summed E-state index contributed by atoms with van der Waals surface area (Å²) in [6, 6.07) is -0.246. The topological polar surface area (TPSA) is 43.1 Å². The third-order valence-electron chi connectivity index (χ3n) is 4.33. The van der Waals surface area contributed by atoms with E-state index >= 15 is 0 Å². The maximum absolute atomic E-state index is 11.1. The fraction of sp³-hybridized carbons (Fsp3) is 0.933. The van der Waals surface area contributed by atoms with Crippen LogP contribution in [0.5, 0.6) is 0 Å². The van der Waals surface area contributed by atoms with Gasteiger partial charge in [-0.15, -0.1) is 0 Å². The first-order valence-electron chi connectivity index (χ1n) is 7.37. The Kier molecular flexibility index (Phi) is 6.79. The average Bonchev–Trinajstić information content (AvgIpc) is 2.80. The van der Waals surface area contributed by atoms with Crippen LogP contribution in [0.1, 0.15) is 71.6 Å². The molecule has 2 atom stereocenters. The summed E-state index contributed by atoms with van der Waals surface area (Å²) in [6.07, 6.45) is 12.3. The fourth-order valence-electron chi connectivity index (χ4n) is 2.96. The Labute approximate surface area is 106 Å². The third kappa shape index (κ3) is 5.67. The average molecular weight is 239 g/mol. The minimum Gasteiger partial charge on any atom is -0.321 e. The molecule has 1 aliphatic carbocycles. The maximum Gasteiger partial charge on any atom is 0.146 e. The van der Waals surface area contributed by atoms with Crippen molar-refractivity contribution < 1.29 is 4.79 Å². The molecule has 0 aromatic carbocycles. The number of carbonyl (C=O) groups is 1. The molecule has 2 nitrogen and oxygen atoms in total. The van der Waals surface area contributed by atoms with Crippen LogP contribution in [-0.4, -0.2) is 11.8 Å². The van der Waals surface area contributed by atoms with Gasteiger partial charge < -0.3 is 5.73 Å². The fourth-order valence-corrected chi connectivity index (χ4v) is 2.96. The zero-order chi connectivity index (χ0) is 12.7. The van der Waals surface area contributed by atoms with Crippen LogP contribution in [0.25, 0.3) is 0 Å². The maximum atomic E-state index is 11.1. The lowest BCUT2D eigenvalue weighted by molar-refractivity contribution is -0.119. The molecule has 0 bridgehead atoms. The Hall–Kier alpha value is -0.370. The molecule has 2 heteroatoms. The van der Waals surface area contributed by atoms with Gasteiger partial charge in [0.25, 0.3) is 0 Å². The summed E-state index contributed by atoms with van der Waals surface area (Å²) in [5, 5.41) is 0. The molecule has 100 valence electrons. The standard InChI is InChI=1S/C15H29NO/c1-12(15(16)13(2)17)8-4-3-5-9-14-10-6-7-11-14/h12,14-15H,3-11,16H2,1-2H3. The molecule has 2 N–H and O–H groups in total. The van der Waals surface area contributed by atoms with Crippen molar-refractivity contribution in [1.29, 1.82) is 0 Å². The van der Waals surface area contributed by atoms with Gasteiger partial charge in [-0.1, -0.05) is 58.3 Å². The monoisotopic (exact) mass is 239 g/mol. The van der Waals surface area contributed by atoms with Crippen molar-refractivity contribution in [2.45, 2.75) is 77.7 Å². The summed E-state index contributed by atoms with van der Waals surface area (Å²) in [5.41, 5.74) is 5.82. The minimum absolute atomic E-state index is 0.128. The SMILES string of the molecule is CC(=O)C(N)C(C)CCCCCC1CCCC1. The number of hydrogen-bond donors (Lipinski definition) is 1. The van der Waals surface area contributed by atoms with Gasteiger partial charge in [0.2, 0.25) is 0 Å². The van der Waals surface area contributed by atoms with Crippen molar-refractivity contribution in [2.24, 2.45) is 17.6 Å². The minimum atomic E-state index is -0.246. The van der Waals surface area contributed by atoms with Gasteiger partial charge in [-0.25, -0.2) is 0 Å². The van der Waals surface area contributed by atoms with E-state index in [1.54, 1.807) is 6.92 Å². The Balaban J connectivity index is 1.97. The predicted octanol–water partition coefficient (Wildman–Crippen LogP) is 3.68. The van der Waals surface area contributed by atoms with Crippen LogP contribution in [0.15, 0.2) is 0 Å². The molecular formula is C15H29NO. The number of carbonyl (C=O) groups excluding carboxylic acids is 1. The van der Waals surface area contributed by atoms with Crippen molar-refractivity contribution >= 4 is 5.78 Å². The smallest absolute Gasteiger partial charge is 0.146 e. The first-order chi connectivity index (χ1) is 8.11. The van der Waals surface area contributed by atoms with Crippen LogP contribution < -0.4 is 5.73 Å². The lowest BCUT2D eigenvalue weighted by Gasteiger charge is -2.17. The van der Waals surface area contributed by atoms with Gasteiger partial charge >= 0.3 is 0 Å². The first kappa shape index (κ1) is 14.7. The normalized spacial score (nSPS) is 20.4. The Morgan fingerprint density at radius 1 is 1.24 bits per heavy atom. The summed E-state index contributed by atoms with van der Waals surface area (Å²) >= 11 is 0. The lowest BCUT2D eigenvalue weighted by Crippen LogP contribution is -2.35. The van der Waals surface area contributed by atoms with E-state index in [4.69, 9.17) is 5.73 Å². The summed E-state index contributed by atoms with van der Waals surface area (Å²) in [5.74, 6) is 1.49. The van der Waals surface area contributed by atoms with Gasteiger partial charge in [-0.3, -0.25) is 4.79 Å². The van der Waals surface area contributed by atoms with Crippen LogP contribution in [0.4, 0.5) is 0 Å². The van der Waals surface area contributed by atoms with Crippen LogP contribution in [-0.2, 0) is 4.79 Å². The van der Waals surface area contributed by atoms with E-state index in [9.17, 15) is 4.79 Å². The van der Waals surface area contributed by atoms with E-state index < -0.39 is 0 Å². The number of ketones is 1. The van der Waals surface area contributed by atoms with Gasteiger partial charge in [-0.2, -0.15) is 0 Å². The van der Waals surface area contributed by atoms with E-state index in [1.807, 2.05) is 0 Å². The highest BCUT2D eigenvalue weighted by Gasteiger charge is 2.17. The molecule has 1 rings (SSSR count). The highest BCUT2D eigenvalue weighted by atomic mass is 16.1. The van der Waals surface area contributed by atoms with Gasteiger partial charge in [0.15, 0.2) is 0 Å². The molecule has 0 saturated heterocycles. The molecule has 0 aromatic rings. The number of nitrogens with two attached hydrogens (primary N) is 1. The summed E-state index contributed by atoms with van der Waals surface area (Å²) in [7, 11) is 0. The lowest BCUT2D eigenvalue weighted by atomic mass is 9.92. The van der Waals surface area contributed by atoms with Gasteiger partial charge in [0, 0.05) is 0 Å². The van der Waals surface area contributed by atoms with Gasteiger partial charge in [0.05, 0.1) is 6.04 Å². The van der Waals surface area contributed by atoms with Crippen molar-refractivity contribution in [3.63, 3.8) is 0 Å². The molecule has 17 heavy (non-hydrogen) atoms. The summed E-state index contributed by atoms with van der Waals surface area (Å²) in [6.45, 7) is 3.70. The van der Waals surface area contributed by atoms with Crippen LogP contribution in [0.3, 0.4) is 0 Å². The second kappa shape index (κ2) is 7.86. The molecule has 0 aliphatic heterocycles. The van der Waals surface area contributed by atoms with E-state index in [0.29, 0.717) is 5.92 Å². The highest BCUT2D eigenvalue weighted by Crippen LogP contribution is 2.29. The zero-order valence-electron chi connectivity index (χ0n) is 11.6. The number of unbranched alkanes of at least 4 members (excludes halogenated alkanes) is 2. The Bertz CT molecular complexity index is 221. The van der Waals surface area contributed by atoms with Gasteiger partial charge in [0.1, 0.15) is 5.78 Å². The van der Waals surface area contributed by atoms with E-state index in [-0.39, 0.29) is 11.8 Å². The number of rotatable bonds is 8. The summed E-state index contributed by atoms with van der Waals surface area (Å²) < 4.78 is 0. The van der Waals surface area contributed by atoms with Crippen molar-refractivity contribution in [3.8, 4) is 0 Å². The zero-order valence-corrected chi connectivity index (χ0v) is 11.6. The highest BCUT2D eigenvalue weighted by molar-refractivity contribution is 5.81. The van der Waals surface area contributed by atoms with E-state index in [0.717, 1.165) is 12.3 Å². The van der Waals surface area contributed by atoms with Crippen molar-refractivity contribution in [2.75, 3.05) is 0 Å². The van der Waals surface area contributed by atoms with Crippen LogP contribution >= 0.6 is 0 Å². The quantitative estimate of drug-likeness (QED) is 0.657.